The Labute approximate surface area is 175 Å². The van der Waals surface area contributed by atoms with Crippen LogP contribution in [0.3, 0.4) is 0 Å². The third kappa shape index (κ3) is 4.07. The SMILES string of the molecule is CN(C)c1ccc(C(CNS(=O)(=O)c2cccs2)c2c[nH]c3ccccc23)cc1. The highest BCUT2D eigenvalue weighted by molar-refractivity contribution is 7.91. The van der Waals surface area contributed by atoms with E-state index in [2.05, 4.69) is 40.0 Å². The van der Waals surface area contributed by atoms with E-state index in [0.717, 1.165) is 27.7 Å². The Kier molecular flexibility index (Phi) is 5.45. The summed E-state index contributed by atoms with van der Waals surface area (Å²) >= 11 is 1.22. The van der Waals surface area contributed by atoms with Gasteiger partial charge in [0.15, 0.2) is 0 Å². The van der Waals surface area contributed by atoms with Gasteiger partial charge in [0.25, 0.3) is 0 Å². The first-order chi connectivity index (χ1) is 14.0. The molecule has 1 atom stereocenters. The van der Waals surface area contributed by atoms with Gasteiger partial charge >= 0.3 is 0 Å². The van der Waals surface area contributed by atoms with Crippen molar-refractivity contribution < 1.29 is 8.42 Å². The van der Waals surface area contributed by atoms with E-state index >= 15 is 0 Å². The summed E-state index contributed by atoms with van der Waals surface area (Å²) in [7, 11) is 0.467. The minimum Gasteiger partial charge on any atom is -0.378 e. The van der Waals surface area contributed by atoms with Crippen molar-refractivity contribution in [2.24, 2.45) is 0 Å². The fourth-order valence-corrected chi connectivity index (χ4v) is 5.56. The Morgan fingerprint density at radius 1 is 1.03 bits per heavy atom. The van der Waals surface area contributed by atoms with Crippen LogP contribution in [0.4, 0.5) is 5.69 Å². The van der Waals surface area contributed by atoms with E-state index in [4.69, 9.17) is 0 Å². The van der Waals surface area contributed by atoms with E-state index in [1.807, 2.05) is 43.4 Å². The number of H-pyrrole nitrogens is 1. The Morgan fingerprint density at radius 3 is 2.48 bits per heavy atom. The Balaban J connectivity index is 1.71. The molecule has 0 bridgehead atoms. The molecule has 4 rings (SSSR count). The maximum Gasteiger partial charge on any atom is 0.250 e. The summed E-state index contributed by atoms with van der Waals surface area (Å²) in [5.41, 5.74) is 4.28. The number of para-hydroxylation sites is 1. The summed E-state index contributed by atoms with van der Waals surface area (Å²) < 4.78 is 28.5. The van der Waals surface area contributed by atoms with Crippen LogP contribution in [-0.2, 0) is 10.0 Å². The van der Waals surface area contributed by atoms with Crippen molar-refractivity contribution in [3.63, 3.8) is 0 Å². The van der Waals surface area contributed by atoms with Gasteiger partial charge < -0.3 is 9.88 Å². The largest absolute Gasteiger partial charge is 0.378 e. The lowest BCUT2D eigenvalue weighted by Crippen LogP contribution is -2.28. The predicted molar refractivity (Wildman–Crippen MR) is 120 cm³/mol. The first-order valence-corrected chi connectivity index (χ1v) is 11.7. The van der Waals surface area contributed by atoms with E-state index < -0.39 is 10.0 Å². The van der Waals surface area contributed by atoms with Crippen molar-refractivity contribution in [3.05, 3.63) is 83.4 Å². The van der Waals surface area contributed by atoms with Gasteiger partial charge in [0.2, 0.25) is 10.0 Å². The predicted octanol–water partition coefficient (Wildman–Crippen LogP) is 4.41. The van der Waals surface area contributed by atoms with Crippen LogP contribution in [0.1, 0.15) is 17.0 Å². The Morgan fingerprint density at radius 2 is 1.79 bits per heavy atom. The zero-order chi connectivity index (χ0) is 20.4. The van der Waals surface area contributed by atoms with Crippen molar-refractivity contribution in [1.29, 1.82) is 0 Å². The van der Waals surface area contributed by atoms with Gasteiger partial charge in [-0.1, -0.05) is 36.4 Å². The van der Waals surface area contributed by atoms with Gasteiger partial charge in [-0.3, -0.25) is 0 Å². The van der Waals surface area contributed by atoms with Crippen LogP contribution in [-0.4, -0.2) is 34.0 Å². The molecule has 0 aliphatic heterocycles. The van der Waals surface area contributed by atoms with Gasteiger partial charge in [-0.2, -0.15) is 0 Å². The van der Waals surface area contributed by atoms with Crippen LogP contribution in [0.2, 0.25) is 0 Å². The molecule has 7 heteroatoms. The fourth-order valence-electron chi connectivity index (χ4n) is 3.47. The van der Waals surface area contributed by atoms with Crippen molar-refractivity contribution in [1.82, 2.24) is 9.71 Å². The number of aromatic nitrogens is 1. The highest BCUT2D eigenvalue weighted by Gasteiger charge is 2.22. The summed E-state index contributed by atoms with van der Waals surface area (Å²) in [6.07, 6.45) is 1.98. The summed E-state index contributed by atoms with van der Waals surface area (Å²) in [5.74, 6) is -0.114. The standard InChI is InChI=1S/C22H23N3O2S2/c1-25(2)17-11-9-16(10-12-17)19(15-24-29(26,27)22-8-5-13-28-22)20-14-23-21-7-4-3-6-18(20)21/h3-14,19,23-24H,15H2,1-2H3. The van der Waals surface area contributed by atoms with Gasteiger partial charge in [0.1, 0.15) is 4.21 Å². The molecule has 0 spiro atoms. The van der Waals surface area contributed by atoms with E-state index in [0.29, 0.717) is 4.21 Å². The minimum absolute atomic E-state index is 0.114. The smallest absolute Gasteiger partial charge is 0.250 e. The molecule has 2 aromatic heterocycles. The number of hydrogen-bond donors (Lipinski definition) is 2. The van der Waals surface area contributed by atoms with Crippen LogP contribution in [0, 0.1) is 0 Å². The van der Waals surface area contributed by atoms with Gasteiger partial charge in [-0.25, -0.2) is 13.1 Å². The number of anilines is 1. The number of aromatic amines is 1. The molecule has 29 heavy (non-hydrogen) atoms. The zero-order valence-electron chi connectivity index (χ0n) is 16.3. The summed E-state index contributed by atoms with van der Waals surface area (Å²) in [4.78, 5) is 5.35. The lowest BCUT2D eigenvalue weighted by atomic mass is 9.91. The van der Waals surface area contributed by atoms with Crippen molar-refractivity contribution >= 4 is 38.0 Å². The van der Waals surface area contributed by atoms with E-state index in [1.165, 1.54) is 11.3 Å². The van der Waals surface area contributed by atoms with Crippen molar-refractivity contribution in [2.75, 3.05) is 25.5 Å². The third-order valence-electron chi connectivity index (χ3n) is 5.05. The molecule has 0 fully saturated rings. The van der Waals surface area contributed by atoms with Gasteiger partial charge in [-0.15, -0.1) is 11.3 Å². The molecule has 0 saturated heterocycles. The number of benzene rings is 2. The normalized spacial score (nSPS) is 12.9. The zero-order valence-corrected chi connectivity index (χ0v) is 17.9. The second-order valence-electron chi connectivity index (χ2n) is 7.11. The molecule has 0 radical (unpaired) electrons. The maximum atomic E-state index is 12.7. The molecule has 150 valence electrons. The number of thiophene rings is 1. The van der Waals surface area contributed by atoms with Crippen LogP contribution >= 0.6 is 11.3 Å². The molecular formula is C22H23N3O2S2. The molecule has 2 aromatic carbocycles. The highest BCUT2D eigenvalue weighted by Crippen LogP contribution is 2.32. The number of sulfonamides is 1. The molecule has 0 aliphatic carbocycles. The first kappa shape index (κ1) is 19.7. The number of nitrogens with one attached hydrogen (secondary N) is 2. The fraction of sp³-hybridized carbons (Fsp3) is 0.182. The van der Waals surface area contributed by atoms with Crippen molar-refractivity contribution in [3.8, 4) is 0 Å². The second kappa shape index (κ2) is 8.02. The van der Waals surface area contributed by atoms with Crippen LogP contribution in [0.15, 0.2) is 76.4 Å². The van der Waals surface area contributed by atoms with E-state index in [9.17, 15) is 8.42 Å². The highest BCUT2D eigenvalue weighted by atomic mass is 32.2. The topological polar surface area (TPSA) is 65.2 Å². The van der Waals surface area contributed by atoms with E-state index in [1.54, 1.807) is 17.5 Å². The lowest BCUT2D eigenvalue weighted by Gasteiger charge is -2.20. The Hall–Kier alpha value is -2.61. The molecule has 4 aromatic rings. The Bertz CT molecular complexity index is 1190. The van der Waals surface area contributed by atoms with Gasteiger partial charge in [0, 0.05) is 49.3 Å². The molecular weight excluding hydrogens is 402 g/mol. The molecule has 1 unspecified atom stereocenters. The van der Waals surface area contributed by atoms with Gasteiger partial charge in [0.05, 0.1) is 0 Å². The molecule has 2 heterocycles. The summed E-state index contributed by atoms with van der Waals surface area (Å²) in [5, 5.41) is 2.87. The van der Waals surface area contributed by atoms with Crippen LogP contribution in [0.25, 0.3) is 10.9 Å². The number of fused-ring (bicyclic) bond motifs is 1. The molecule has 0 aliphatic rings. The number of nitrogens with zero attached hydrogens (tertiary/aromatic N) is 1. The van der Waals surface area contributed by atoms with E-state index in [-0.39, 0.29) is 12.5 Å². The lowest BCUT2D eigenvalue weighted by molar-refractivity contribution is 0.580. The van der Waals surface area contributed by atoms with Crippen molar-refractivity contribution in [2.45, 2.75) is 10.1 Å². The average Bonchev–Trinajstić information content (AvgIpc) is 3.39. The monoisotopic (exact) mass is 425 g/mol. The first-order valence-electron chi connectivity index (χ1n) is 9.32. The quantitative estimate of drug-likeness (QED) is 0.461. The molecule has 5 nitrogen and oxygen atoms in total. The average molecular weight is 426 g/mol. The van der Waals surface area contributed by atoms with Crippen LogP contribution in [0.5, 0.6) is 0 Å². The maximum absolute atomic E-state index is 12.7. The summed E-state index contributed by atoms with van der Waals surface area (Å²) in [6, 6.07) is 19.7. The number of rotatable bonds is 7. The summed E-state index contributed by atoms with van der Waals surface area (Å²) in [6.45, 7) is 0.281. The number of hydrogen-bond acceptors (Lipinski definition) is 4. The van der Waals surface area contributed by atoms with Crippen LogP contribution < -0.4 is 9.62 Å². The molecule has 0 amide bonds. The molecule has 2 N–H and O–H groups in total. The second-order valence-corrected chi connectivity index (χ2v) is 10.1. The van der Waals surface area contributed by atoms with Gasteiger partial charge in [-0.05, 0) is 40.8 Å². The molecule has 0 saturated carbocycles. The minimum atomic E-state index is -3.54. The third-order valence-corrected chi connectivity index (χ3v) is 7.87.